The first kappa shape index (κ1) is 16.7. The molecule has 1 unspecified atom stereocenters. The summed E-state index contributed by atoms with van der Waals surface area (Å²) < 4.78 is 10.6. The molecule has 0 aliphatic carbocycles. The van der Waals surface area contributed by atoms with E-state index < -0.39 is 0 Å². The highest BCUT2D eigenvalue weighted by molar-refractivity contribution is 8.15. The van der Waals surface area contributed by atoms with E-state index in [2.05, 4.69) is 36.4 Å². The lowest BCUT2D eigenvalue weighted by molar-refractivity contribution is 0.414. The number of hydrogen-bond donors (Lipinski definition) is 0. The van der Waals surface area contributed by atoms with Crippen LogP contribution in [-0.2, 0) is 0 Å². The fourth-order valence-electron chi connectivity index (χ4n) is 3.07. The van der Waals surface area contributed by atoms with Crippen molar-refractivity contribution in [2.24, 2.45) is 4.99 Å². The van der Waals surface area contributed by atoms with Crippen molar-refractivity contribution < 1.29 is 9.47 Å². The maximum absolute atomic E-state index is 5.31. The third-order valence-electron chi connectivity index (χ3n) is 4.41. The van der Waals surface area contributed by atoms with Gasteiger partial charge < -0.3 is 9.47 Å². The number of hydrogen-bond acceptors (Lipinski definition) is 4. The minimum atomic E-state index is 0.237. The molecule has 1 aliphatic rings. The Labute approximate surface area is 157 Å². The molecule has 0 bridgehead atoms. The average Bonchev–Trinajstić information content (AvgIpc) is 3.07. The number of nitrogens with zero attached hydrogens (tertiary/aromatic N) is 1. The van der Waals surface area contributed by atoms with Gasteiger partial charge in [0.2, 0.25) is 0 Å². The Bertz CT molecular complexity index is 950. The van der Waals surface area contributed by atoms with Crippen LogP contribution >= 0.6 is 11.8 Å². The molecule has 0 saturated carbocycles. The summed E-state index contributed by atoms with van der Waals surface area (Å²) in [5.74, 6) is 1.69. The fourth-order valence-corrected chi connectivity index (χ4v) is 4.39. The Morgan fingerprint density at radius 3 is 2.35 bits per heavy atom. The SMILES string of the molecule is COc1ccc(C2SC(=Nc3cccc(OC)c3)c3ccccc32)cc1. The molecule has 3 aromatic rings. The smallest absolute Gasteiger partial charge is 0.121 e. The van der Waals surface area contributed by atoms with E-state index in [1.54, 1.807) is 26.0 Å². The van der Waals surface area contributed by atoms with Crippen molar-refractivity contribution in [3.05, 3.63) is 89.5 Å². The second-order valence-corrected chi connectivity index (χ2v) is 7.07. The van der Waals surface area contributed by atoms with Crippen LogP contribution in [-0.4, -0.2) is 19.3 Å². The van der Waals surface area contributed by atoms with Crippen molar-refractivity contribution >= 4 is 22.5 Å². The number of benzene rings is 3. The predicted molar refractivity (Wildman–Crippen MR) is 108 cm³/mol. The third-order valence-corrected chi connectivity index (χ3v) is 5.70. The summed E-state index contributed by atoms with van der Waals surface area (Å²) in [7, 11) is 3.36. The van der Waals surface area contributed by atoms with Gasteiger partial charge in [0.05, 0.1) is 25.2 Å². The van der Waals surface area contributed by atoms with E-state index in [0.29, 0.717) is 0 Å². The zero-order valence-corrected chi connectivity index (χ0v) is 15.5. The summed E-state index contributed by atoms with van der Waals surface area (Å²) in [5.41, 5.74) is 4.64. The Morgan fingerprint density at radius 2 is 1.58 bits per heavy atom. The van der Waals surface area contributed by atoms with Gasteiger partial charge in [-0.2, -0.15) is 0 Å². The first-order valence-corrected chi connectivity index (χ1v) is 9.29. The van der Waals surface area contributed by atoms with Crippen LogP contribution in [0.3, 0.4) is 0 Å². The Hall–Kier alpha value is -2.72. The molecule has 1 atom stereocenters. The molecule has 0 amide bonds. The average molecular weight is 361 g/mol. The first-order valence-electron chi connectivity index (χ1n) is 8.41. The predicted octanol–water partition coefficient (Wildman–Crippen LogP) is 5.62. The van der Waals surface area contributed by atoms with E-state index in [-0.39, 0.29) is 5.25 Å². The van der Waals surface area contributed by atoms with Crippen LogP contribution < -0.4 is 9.47 Å². The molecule has 0 aromatic heterocycles. The van der Waals surface area contributed by atoms with Gasteiger partial charge in [-0.25, -0.2) is 4.99 Å². The van der Waals surface area contributed by atoms with E-state index in [1.807, 2.05) is 36.4 Å². The lowest BCUT2D eigenvalue weighted by atomic mass is 10.00. The van der Waals surface area contributed by atoms with Crippen LogP contribution in [0.15, 0.2) is 77.8 Å². The van der Waals surface area contributed by atoms with Crippen molar-refractivity contribution in [2.75, 3.05) is 14.2 Å². The second kappa shape index (κ2) is 7.26. The van der Waals surface area contributed by atoms with E-state index in [1.165, 1.54) is 16.7 Å². The monoisotopic (exact) mass is 361 g/mol. The van der Waals surface area contributed by atoms with Crippen molar-refractivity contribution in [2.45, 2.75) is 5.25 Å². The van der Waals surface area contributed by atoms with Gasteiger partial charge in [-0.05, 0) is 35.4 Å². The molecular formula is C22H19NO2S. The zero-order chi connectivity index (χ0) is 17.9. The van der Waals surface area contributed by atoms with Gasteiger partial charge in [0.15, 0.2) is 0 Å². The molecule has 3 aromatic carbocycles. The van der Waals surface area contributed by atoms with Crippen molar-refractivity contribution in [1.82, 2.24) is 0 Å². The Kier molecular flexibility index (Phi) is 4.67. The highest BCUT2D eigenvalue weighted by Gasteiger charge is 2.29. The number of ether oxygens (including phenoxy) is 2. The third kappa shape index (κ3) is 3.20. The van der Waals surface area contributed by atoms with E-state index in [4.69, 9.17) is 14.5 Å². The van der Waals surface area contributed by atoms with Gasteiger partial charge in [-0.15, -0.1) is 0 Å². The number of thioether (sulfide) groups is 1. The van der Waals surface area contributed by atoms with Gasteiger partial charge in [0, 0.05) is 11.6 Å². The zero-order valence-electron chi connectivity index (χ0n) is 14.7. The van der Waals surface area contributed by atoms with Gasteiger partial charge >= 0.3 is 0 Å². The minimum absolute atomic E-state index is 0.237. The van der Waals surface area contributed by atoms with Gasteiger partial charge in [0.25, 0.3) is 0 Å². The fraction of sp³-hybridized carbons (Fsp3) is 0.136. The highest BCUT2D eigenvalue weighted by Crippen LogP contribution is 2.47. The number of methoxy groups -OCH3 is 2. The van der Waals surface area contributed by atoms with Crippen LogP contribution in [0.5, 0.6) is 11.5 Å². The Balaban J connectivity index is 1.73. The summed E-state index contributed by atoms with van der Waals surface area (Å²) in [5, 5.41) is 1.27. The molecule has 26 heavy (non-hydrogen) atoms. The van der Waals surface area contributed by atoms with Crippen molar-refractivity contribution in [3.63, 3.8) is 0 Å². The van der Waals surface area contributed by atoms with Gasteiger partial charge in [-0.1, -0.05) is 54.2 Å². The van der Waals surface area contributed by atoms with Crippen LogP contribution in [0.1, 0.15) is 21.9 Å². The molecule has 0 saturated heterocycles. The Morgan fingerprint density at radius 1 is 0.808 bits per heavy atom. The van der Waals surface area contributed by atoms with Crippen LogP contribution in [0.2, 0.25) is 0 Å². The summed E-state index contributed by atoms with van der Waals surface area (Å²) in [6.07, 6.45) is 0. The van der Waals surface area contributed by atoms with Crippen molar-refractivity contribution in [3.8, 4) is 11.5 Å². The van der Waals surface area contributed by atoms with E-state index in [0.717, 1.165) is 22.2 Å². The molecule has 1 aliphatic heterocycles. The van der Waals surface area contributed by atoms with Crippen molar-refractivity contribution in [1.29, 1.82) is 0 Å². The molecular weight excluding hydrogens is 342 g/mol. The summed E-state index contributed by atoms with van der Waals surface area (Å²) >= 11 is 1.78. The molecule has 1 heterocycles. The van der Waals surface area contributed by atoms with Crippen LogP contribution in [0.4, 0.5) is 5.69 Å². The normalized spacial score (nSPS) is 17.2. The topological polar surface area (TPSA) is 30.8 Å². The molecule has 4 heteroatoms. The number of aliphatic imine (C=N–C) groups is 1. The summed E-state index contributed by atoms with van der Waals surface area (Å²) in [4.78, 5) is 4.89. The number of rotatable bonds is 4. The molecule has 0 N–H and O–H groups in total. The molecule has 0 spiro atoms. The van der Waals surface area contributed by atoms with E-state index >= 15 is 0 Å². The maximum atomic E-state index is 5.31. The number of fused-ring (bicyclic) bond motifs is 1. The van der Waals surface area contributed by atoms with Gasteiger partial charge in [0.1, 0.15) is 16.5 Å². The first-order chi connectivity index (χ1) is 12.8. The van der Waals surface area contributed by atoms with Crippen LogP contribution in [0, 0.1) is 0 Å². The minimum Gasteiger partial charge on any atom is -0.497 e. The summed E-state index contributed by atoms with van der Waals surface area (Å²) in [6, 6.07) is 24.6. The quantitative estimate of drug-likeness (QED) is 0.604. The molecule has 130 valence electrons. The lowest BCUT2D eigenvalue weighted by Gasteiger charge is -2.11. The summed E-state index contributed by atoms with van der Waals surface area (Å²) in [6.45, 7) is 0. The largest absolute Gasteiger partial charge is 0.497 e. The lowest BCUT2D eigenvalue weighted by Crippen LogP contribution is -1.93. The highest BCUT2D eigenvalue weighted by atomic mass is 32.2. The molecule has 4 rings (SSSR count). The second-order valence-electron chi connectivity index (χ2n) is 5.98. The van der Waals surface area contributed by atoms with Gasteiger partial charge in [-0.3, -0.25) is 0 Å². The molecule has 0 fully saturated rings. The van der Waals surface area contributed by atoms with E-state index in [9.17, 15) is 0 Å². The standard InChI is InChI=1S/C22H19NO2S/c1-24-17-12-10-15(11-13-17)21-19-8-3-4-9-20(19)22(26-21)23-16-6-5-7-18(14-16)25-2/h3-14,21H,1-2H3. The molecule has 3 nitrogen and oxygen atoms in total. The maximum Gasteiger partial charge on any atom is 0.121 e. The molecule has 0 radical (unpaired) electrons. The van der Waals surface area contributed by atoms with Crippen LogP contribution in [0.25, 0.3) is 0 Å².